The lowest BCUT2D eigenvalue weighted by Gasteiger charge is -2.11. The second kappa shape index (κ2) is 3.09. The molecule has 0 radical (unpaired) electrons. The van der Waals surface area contributed by atoms with Crippen LogP contribution in [-0.4, -0.2) is 14.9 Å². The van der Waals surface area contributed by atoms with Crippen LogP contribution in [0.4, 0.5) is 0 Å². The average Bonchev–Trinajstić information content (AvgIpc) is 2.68. The van der Waals surface area contributed by atoms with Gasteiger partial charge in [0, 0.05) is 6.54 Å². The highest BCUT2D eigenvalue weighted by atomic mass is 16.3. The van der Waals surface area contributed by atoms with Gasteiger partial charge in [0.05, 0.1) is 11.4 Å². The van der Waals surface area contributed by atoms with E-state index in [1.54, 1.807) is 0 Å². The number of rotatable bonds is 3. The normalized spacial score (nSPS) is 30.7. The summed E-state index contributed by atoms with van der Waals surface area (Å²) in [5.41, 5.74) is 1.42. The number of hydrogen-bond acceptors (Lipinski definition) is 2. The maximum Gasteiger partial charge on any atom is 0.109 e. The molecule has 3 nitrogen and oxygen atoms in total. The maximum atomic E-state index is 10.3. The Morgan fingerprint density at radius 1 is 1.64 bits per heavy atom. The van der Waals surface area contributed by atoms with Crippen molar-refractivity contribution in [1.82, 2.24) is 9.78 Å². The third-order valence-corrected chi connectivity index (χ3v) is 3.21. The van der Waals surface area contributed by atoms with Gasteiger partial charge in [-0.3, -0.25) is 4.68 Å². The van der Waals surface area contributed by atoms with E-state index in [0.717, 1.165) is 30.8 Å². The van der Waals surface area contributed by atoms with Gasteiger partial charge in [0.25, 0.3) is 0 Å². The molecule has 1 aromatic heterocycles. The lowest BCUT2D eigenvalue weighted by Crippen LogP contribution is -2.15. The SMILES string of the molecule is CCC1CC1(O)c1cc(C)nn1CC. The van der Waals surface area contributed by atoms with Gasteiger partial charge in [-0.05, 0) is 32.3 Å². The fraction of sp³-hybridized carbons (Fsp3) is 0.727. The molecular weight excluding hydrogens is 176 g/mol. The fourth-order valence-corrected chi connectivity index (χ4v) is 2.25. The first-order valence-electron chi connectivity index (χ1n) is 5.39. The molecule has 78 valence electrons. The van der Waals surface area contributed by atoms with Gasteiger partial charge in [-0.1, -0.05) is 13.3 Å². The first-order valence-corrected chi connectivity index (χ1v) is 5.39. The Balaban J connectivity index is 2.32. The van der Waals surface area contributed by atoms with Crippen LogP contribution < -0.4 is 0 Å². The van der Waals surface area contributed by atoms with E-state index in [9.17, 15) is 5.11 Å². The third-order valence-electron chi connectivity index (χ3n) is 3.21. The summed E-state index contributed by atoms with van der Waals surface area (Å²) >= 11 is 0. The van der Waals surface area contributed by atoms with Crippen molar-refractivity contribution in [3.63, 3.8) is 0 Å². The van der Waals surface area contributed by atoms with Crippen molar-refractivity contribution in [2.45, 2.75) is 45.8 Å². The van der Waals surface area contributed by atoms with E-state index in [1.807, 2.05) is 17.7 Å². The average molecular weight is 194 g/mol. The van der Waals surface area contributed by atoms with Crippen LogP contribution in [0, 0.1) is 12.8 Å². The second-order valence-corrected chi connectivity index (χ2v) is 4.22. The van der Waals surface area contributed by atoms with Gasteiger partial charge in [-0.15, -0.1) is 0 Å². The summed E-state index contributed by atoms with van der Waals surface area (Å²) in [7, 11) is 0. The smallest absolute Gasteiger partial charge is 0.109 e. The van der Waals surface area contributed by atoms with Gasteiger partial charge in [-0.2, -0.15) is 5.10 Å². The van der Waals surface area contributed by atoms with Crippen molar-refractivity contribution in [3.8, 4) is 0 Å². The molecule has 2 atom stereocenters. The standard InChI is InChI=1S/C11H18N2O/c1-4-9-7-11(9,14)10-6-8(3)12-13(10)5-2/h6,9,14H,4-5,7H2,1-3H3. The molecule has 0 aliphatic heterocycles. The quantitative estimate of drug-likeness (QED) is 0.797. The molecule has 1 fully saturated rings. The topological polar surface area (TPSA) is 38.1 Å². The number of aryl methyl sites for hydroxylation is 2. The first kappa shape index (κ1) is 9.71. The highest BCUT2D eigenvalue weighted by Gasteiger charge is 2.54. The van der Waals surface area contributed by atoms with Gasteiger partial charge in [0.15, 0.2) is 0 Å². The van der Waals surface area contributed by atoms with Crippen molar-refractivity contribution in [2.24, 2.45) is 5.92 Å². The minimum absolute atomic E-state index is 0.434. The zero-order chi connectivity index (χ0) is 10.3. The zero-order valence-electron chi connectivity index (χ0n) is 9.12. The van der Waals surface area contributed by atoms with Crippen LogP contribution in [-0.2, 0) is 12.1 Å². The van der Waals surface area contributed by atoms with E-state index in [4.69, 9.17) is 0 Å². The number of aliphatic hydroxyl groups is 1. The highest BCUT2D eigenvalue weighted by Crippen LogP contribution is 2.53. The second-order valence-electron chi connectivity index (χ2n) is 4.22. The number of aromatic nitrogens is 2. The summed E-state index contributed by atoms with van der Waals surface area (Å²) in [5, 5.41) is 14.7. The molecule has 2 rings (SSSR count). The molecule has 1 heterocycles. The Labute approximate surface area is 84.7 Å². The molecule has 1 aromatic rings. The van der Waals surface area contributed by atoms with E-state index in [1.165, 1.54) is 0 Å². The Bertz CT molecular complexity index is 345. The van der Waals surface area contributed by atoms with Crippen LogP contribution in [0.1, 0.15) is 38.1 Å². The van der Waals surface area contributed by atoms with E-state index in [-0.39, 0.29) is 0 Å². The summed E-state index contributed by atoms with van der Waals surface area (Å²) in [6.07, 6.45) is 1.94. The van der Waals surface area contributed by atoms with E-state index in [0.29, 0.717) is 5.92 Å². The summed E-state index contributed by atoms with van der Waals surface area (Å²) in [6.45, 7) is 7.00. The highest BCUT2D eigenvalue weighted by molar-refractivity contribution is 5.25. The van der Waals surface area contributed by atoms with Gasteiger partial charge < -0.3 is 5.11 Å². The first-order chi connectivity index (χ1) is 6.61. The van der Waals surface area contributed by atoms with Crippen LogP contribution in [0.3, 0.4) is 0 Å². The summed E-state index contributed by atoms with van der Waals surface area (Å²) < 4.78 is 1.92. The molecule has 1 saturated carbocycles. The van der Waals surface area contributed by atoms with E-state index >= 15 is 0 Å². The fourth-order valence-electron chi connectivity index (χ4n) is 2.25. The Morgan fingerprint density at radius 2 is 2.36 bits per heavy atom. The van der Waals surface area contributed by atoms with Crippen molar-refractivity contribution in [3.05, 3.63) is 17.5 Å². The third kappa shape index (κ3) is 1.27. The minimum atomic E-state index is -0.577. The van der Waals surface area contributed by atoms with Gasteiger partial charge in [0.1, 0.15) is 5.60 Å². The van der Waals surface area contributed by atoms with Crippen molar-refractivity contribution in [1.29, 1.82) is 0 Å². The molecule has 0 spiro atoms. The molecule has 1 aliphatic carbocycles. The monoisotopic (exact) mass is 194 g/mol. The molecular formula is C11H18N2O. The number of hydrogen-bond donors (Lipinski definition) is 1. The largest absolute Gasteiger partial charge is 0.383 e. The Morgan fingerprint density at radius 3 is 2.86 bits per heavy atom. The maximum absolute atomic E-state index is 10.3. The molecule has 1 aliphatic rings. The van der Waals surface area contributed by atoms with Crippen LogP contribution in [0.5, 0.6) is 0 Å². The van der Waals surface area contributed by atoms with Crippen LogP contribution in [0.2, 0.25) is 0 Å². The molecule has 0 amide bonds. The molecule has 2 unspecified atom stereocenters. The van der Waals surface area contributed by atoms with Gasteiger partial charge >= 0.3 is 0 Å². The lowest BCUT2D eigenvalue weighted by atomic mass is 10.1. The van der Waals surface area contributed by atoms with Crippen LogP contribution in [0.25, 0.3) is 0 Å². The molecule has 3 heteroatoms. The summed E-state index contributed by atoms with van der Waals surface area (Å²) in [6, 6.07) is 2.01. The predicted molar refractivity (Wildman–Crippen MR) is 54.9 cm³/mol. The molecule has 1 N–H and O–H groups in total. The van der Waals surface area contributed by atoms with Crippen LogP contribution >= 0.6 is 0 Å². The summed E-state index contributed by atoms with van der Waals surface area (Å²) in [5.74, 6) is 0.434. The molecule has 0 bridgehead atoms. The molecule has 0 saturated heterocycles. The Kier molecular flexibility index (Phi) is 2.14. The van der Waals surface area contributed by atoms with Crippen molar-refractivity contribution < 1.29 is 5.11 Å². The molecule has 0 aromatic carbocycles. The summed E-state index contributed by atoms with van der Waals surface area (Å²) in [4.78, 5) is 0. The zero-order valence-corrected chi connectivity index (χ0v) is 9.12. The van der Waals surface area contributed by atoms with Gasteiger partial charge in [0.2, 0.25) is 0 Å². The van der Waals surface area contributed by atoms with Crippen molar-refractivity contribution >= 4 is 0 Å². The van der Waals surface area contributed by atoms with Crippen LogP contribution in [0.15, 0.2) is 6.07 Å². The number of nitrogens with zero attached hydrogens (tertiary/aromatic N) is 2. The minimum Gasteiger partial charge on any atom is -0.383 e. The predicted octanol–water partition coefficient (Wildman–Crippen LogP) is 1.83. The van der Waals surface area contributed by atoms with E-state index < -0.39 is 5.60 Å². The van der Waals surface area contributed by atoms with E-state index in [2.05, 4.69) is 18.9 Å². The van der Waals surface area contributed by atoms with Gasteiger partial charge in [-0.25, -0.2) is 0 Å². The molecule has 14 heavy (non-hydrogen) atoms. The van der Waals surface area contributed by atoms with Crippen molar-refractivity contribution in [2.75, 3.05) is 0 Å². The Hall–Kier alpha value is -0.830. The lowest BCUT2D eigenvalue weighted by molar-refractivity contribution is 0.119.